The summed E-state index contributed by atoms with van der Waals surface area (Å²) in [6, 6.07) is 6.62. The fourth-order valence-electron chi connectivity index (χ4n) is 2.80. The second kappa shape index (κ2) is 7.68. The minimum absolute atomic E-state index is 0.0508. The zero-order chi connectivity index (χ0) is 18.6. The minimum atomic E-state index is -0.782. The second-order valence-corrected chi connectivity index (χ2v) is 7.39. The Morgan fingerprint density at radius 3 is 2.40 bits per heavy atom. The van der Waals surface area contributed by atoms with Crippen LogP contribution in [0.15, 0.2) is 24.3 Å². The topological polar surface area (TPSA) is 84.5 Å². The Morgan fingerprint density at radius 1 is 1.28 bits per heavy atom. The van der Waals surface area contributed by atoms with Crippen molar-refractivity contribution < 1.29 is 19.1 Å². The van der Waals surface area contributed by atoms with E-state index in [9.17, 15) is 14.4 Å². The van der Waals surface area contributed by atoms with Crippen LogP contribution in [0.5, 0.6) is 0 Å². The lowest BCUT2D eigenvalue weighted by Gasteiger charge is -2.21. The van der Waals surface area contributed by atoms with E-state index in [4.69, 9.17) is 4.74 Å². The summed E-state index contributed by atoms with van der Waals surface area (Å²) in [6.07, 6.45) is 1.11. The van der Waals surface area contributed by atoms with E-state index in [0.29, 0.717) is 19.3 Å². The van der Waals surface area contributed by atoms with E-state index in [1.807, 2.05) is 24.3 Å². The highest BCUT2D eigenvalue weighted by Crippen LogP contribution is 2.22. The van der Waals surface area contributed by atoms with Gasteiger partial charge in [0.1, 0.15) is 12.1 Å². The average Bonchev–Trinajstić information content (AvgIpc) is 2.99. The first-order chi connectivity index (χ1) is 11.7. The highest BCUT2D eigenvalue weighted by molar-refractivity contribution is 5.93. The van der Waals surface area contributed by atoms with Gasteiger partial charge in [0.2, 0.25) is 11.8 Å². The van der Waals surface area contributed by atoms with Crippen molar-refractivity contribution in [2.45, 2.75) is 57.5 Å². The summed E-state index contributed by atoms with van der Waals surface area (Å²) in [5.74, 6) is -1.00. The smallest absolute Gasteiger partial charge is 0.328 e. The molecule has 0 aromatic heterocycles. The van der Waals surface area contributed by atoms with Crippen molar-refractivity contribution >= 4 is 17.8 Å². The predicted octanol–water partition coefficient (Wildman–Crippen LogP) is 1.46. The van der Waals surface area contributed by atoms with E-state index in [-0.39, 0.29) is 17.2 Å². The van der Waals surface area contributed by atoms with Crippen LogP contribution in [0.25, 0.3) is 0 Å². The number of ether oxygens (including phenoxy) is 1. The molecule has 2 N–H and O–H groups in total. The van der Waals surface area contributed by atoms with Gasteiger partial charge in [-0.2, -0.15) is 0 Å². The zero-order valence-corrected chi connectivity index (χ0v) is 15.2. The minimum Gasteiger partial charge on any atom is -0.467 e. The van der Waals surface area contributed by atoms with Crippen molar-refractivity contribution in [1.82, 2.24) is 10.6 Å². The van der Waals surface area contributed by atoms with Gasteiger partial charge in [0.25, 0.3) is 0 Å². The van der Waals surface area contributed by atoms with Gasteiger partial charge < -0.3 is 15.4 Å². The third kappa shape index (κ3) is 5.05. The lowest BCUT2D eigenvalue weighted by molar-refractivity contribution is -0.145. The summed E-state index contributed by atoms with van der Waals surface area (Å²) in [6.45, 7) is 6.40. The summed E-state index contributed by atoms with van der Waals surface area (Å²) in [5.41, 5.74) is 2.18. The molecule has 6 heteroatoms. The molecule has 0 aliphatic carbocycles. The Morgan fingerprint density at radius 2 is 1.92 bits per heavy atom. The van der Waals surface area contributed by atoms with Crippen molar-refractivity contribution in [3.8, 4) is 0 Å². The largest absolute Gasteiger partial charge is 0.467 e. The monoisotopic (exact) mass is 346 g/mol. The van der Waals surface area contributed by atoms with Crippen molar-refractivity contribution in [1.29, 1.82) is 0 Å². The standard InChI is InChI=1S/C19H26N2O4/c1-19(2,3)13-7-5-12(6-8-13)11-15(18(24)25-4)21-17(23)14-9-10-16(22)20-14/h5-8,14-15H,9-11H2,1-4H3,(H,20,22)(H,21,23)/t14-,15+/m1/s1. The summed E-state index contributed by atoms with van der Waals surface area (Å²) in [7, 11) is 1.29. The maximum atomic E-state index is 12.3. The number of methoxy groups -OCH3 is 1. The first kappa shape index (κ1) is 19.0. The molecule has 1 aliphatic rings. The van der Waals surface area contributed by atoms with Gasteiger partial charge >= 0.3 is 5.97 Å². The molecule has 0 unspecified atom stereocenters. The van der Waals surface area contributed by atoms with Gasteiger partial charge in [-0.3, -0.25) is 9.59 Å². The van der Waals surface area contributed by atoms with Gasteiger partial charge in [-0.05, 0) is 23.0 Å². The molecule has 136 valence electrons. The van der Waals surface area contributed by atoms with Gasteiger partial charge in [-0.1, -0.05) is 45.0 Å². The van der Waals surface area contributed by atoms with E-state index in [2.05, 4.69) is 31.4 Å². The first-order valence-corrected chi connectivity index (χ1v) is 8.47. The van der Waals surface area contributed by atoms with Gasteiger partial charge in [-0.15, -0.1) is 0 Å². The lowest BCUT2D eigenvalue weighted by atomic mass is 9.86. The molecular weight excluding hydrogens is 320 g/mol. The Balaban J connectivity index is 2.06. The number of nitrogens with one attached hydrogen (secondary N) is 2. The maximum Gasteiger partial charge on any atom is 0.328 e. The van der Waals surface area contributed by atoms with Crippen LogP contribution in [0.4, 0.5) is 0 Å². The highest BCUT2D eigenvalue weighted by Gasteiger charge is 2.31. The van der Waals surface area contributed by atoms with Crippen LogP contribution in [-0.4, -0.2) is 37.0 Å². The van der Waals surface area contributed by atoms with Gasteiger partial charge in [0.15, 0.2) is 0 Å². The van der Waals surface area contributed by atoms with E-state index in [0.717, 1.165) is 5.56 Å². The Bertz CT molecular complexity index is 646. The van der Waals surface area contributed by atoms with E-state index >= 15 is 0 Å². The molecule has 1 aromatic rings. The average molecular weight is 346 g/mol. The third-order valence-corrected chi connectivity index (χ3v) is 4.37. The van der Waals surface area contributed by atoms with Crippen LogP contribution in [0.3, 0.4) is 0 Å². The number of rotatable bonds is 5. The number of amides is 2. The zero-order valence-electron chi connectivity index (χ0n) is 15.2. The van der Waals surface area contributed by atoms with E-state index in [1.54, 1.807) is 0 Å². The summed E-state index contributed by atoms with van der Waals surface area (Å²) in [4.78, 5) is 35.6. The van der Waals surface area contributed by atoms with Crippen LogP contribution >= 0.6 is 0 Å². The molecule has 1 saturated heterocycles. The van der Waals surface area contributed by atoms with Crippen molar-refractivity contribution in [2.75, 3.05) is 7.11 Å². The number of esters is 1. The van der Waals surface area contributed by atoms with Crippen LogP contribution < -0.4 is 10.6 Å². The molecule has 0 spiro atoms. The third-order valence-electron chi connectivity index (χ3n) is 4.37. The van der Waals surface area contributed by atoms with Crippen LogP contribution in [0.2, 0.25) is 0 Å². The Kier molecular flexibility index (Phi) is 5.82. The van der Waals surface area contributed by atoms with Crippen molar-refractivity contribution in [3.05, 3.63) is 35.4 Å². The van der Waals surface area contributed by atoms with E-state index < -0.39 is 18.1 Å². The number of carbonyl (C=O) groups is 3. The predicted molar refractivity (Wildman–Crippen MR) is 94.0 cm³/mol. The number of hydrogen-bond acceptors (Lipinski definition) is 4. The fourth-order valence-corrected chi connectivity index (χ4v) is 2.80. The first-order valence-electron chi connectivity index (χ1n) is 8.47. The molecule has 1 aliphatic heterocycles. The molecule has 0 bridgehead atoms. The number of hydrogen-bond donors (Lipinski definition) is 2. The van der Waals surface area contributed by atoms with Gasteiger partial charge in [0, 0.05) is 12.8 Å². The SMILES string of the molecule is COC(=O)[C@H](Cc1ccc(C(C)(C)C)cc1)NC(=O)[C@H]1CCC(=O)N1. The molecular formula is C19H26N2O4. The Hall–Kier alpha value is -2.37. The molecule has 2 rings (SSSR count). The molecule has 2 atom stereocenters. The molecule has 2 amide bonds. The molecule has 1 fully saturated rings. The number of carbonyl (C=O) groups excluding carboxylic acids is 3. The van der Waals surface area contributed by atoms with Gasteiger partial charge in [-0.25, -0.2) is 4.79 Å². The van der Waals surface area contributed by atoms with Crippen LogP contribution in [0, 0.1) is 0 Å². The molecule has 0 radical (unpaired) electrons. The summed E-state index contributed by atoms with van der Waals surface area (Å²) >= 11 is 0. The molecule has 0 saturated carbocycles. The normalized spacial score (nSPS) is 18.4. The molecule has 1 heterocycles. The quantitative estimate of drug-likeness (QED) is 0.791. The molecule has 25 heavy (non-hydrogen) atoms. The number of benzene rings is 1. The van der Waals surface area contributed by atoms with Crippen molar-refractivity contribution in [3.63, 3.8) is 0 Å². The van der Waals surface area contributed by atoms with E-state index in [1.165, 1.54) is 12.7 Å². The van der Waals surface area contributed by atoms with Crippen LogP contribution in [0.1, 0.15) is 44.7 Å². The van der Waals surface area contributed by atoms with Crippen LogP contribution in [-0.2, 0) is 31.0 Å². The fraction of sp³-hybridized carbons (Fsp3) is 0.526. The maximum absolute atomic E-state index is 12.3. The summed E-state index contributed by atoms with van der Waals surface area (Å²) < 4.78 is 4.81. The lowest BCUT2D eigenvalue weighted by Crippen LogP contribution is -2.50. The second-order valence-electron chi connectivity index (χ2n) is 7.39. The molecule has 1 aromatic carbocycles. The van der Waals surface area contributed by atoms with Gasteiger partial charge in [0.05, 0.1) is 7.11 Å². The Labute approximate surface area is 148 Å². The summed E-state index contributed by atoms with van der Waals surface area (Å²) in [5, 5.41) is 5.30. The highest BCUT2D eigenvalue weighted by atomic mass is 16.5. The molecule has 6 nitrogen and oxygen atoms in total. The van der Waals surface area contributed by atoms with Crippen molar-refractivity contribution in [2.24, 2.45) is 0 Å².